The Kier molecular flexibility index (Phi) is 8.52. The van der Waals surface area contributed by atoms with E-state index in [2.05, 4.69) is 31.6 Å². The van der Waals surface area contributed by atoms with E-state index >= 15 is 0 Å². The van der Waals surface area contributed by atoms with Gasteiger partial charge in [0.15, 0.2) is 0 Å². The van der Waals surface area contributed by atoms with Crippen molar-refractivity contribution >= 4 is 47.0 Å². The van der Waals surface area contributed by atoms with E-state index in [1.807, 2.05) is 11.0 Å². The molecular formula is C32H33N9O8. The molecular weight excluding hydrogens is 638 g/mol. The molecule has 2 aromatic carbocycles. The maximum atomic E-state index is 13.0. The number of ether oxygens (including phenoxy) is 1. The zero-order valence-electron chi connectivity index (χ0n) is 26.2. The summed E-state index contributed by atoms with van der Waals surface area (Å²) in [6.45, 7) is 0.535. The van der Waals surface area contributed by atoms with Crippen LogP contribution in [0, 0.1) is 0 Å². The number of aliphatic hydroxyl groups excluding tert-OH is 1. The molecule has 2 saturated heterocycles. The standard InChI is InChI=1S/C32H33N9O8/c42-26-9-7-18(11-33-26)40-13-21-19(30(40)46)3-1-5-23(21)34-28(44)15-39-12-17(37-38-39)16-49-32(48)35-24-6-2-4-20-22(24)14-41(31(20)47)25-8-10-27(43)36-29(25)45/h1-6,12,18,25,30,46H,7-11,13-16H2,(H,33,42)(H,34,44)(H,35,48)(H,36,43,45). The second kappa shape index (κ2) is 13.1. The quantitative estimate of drug-likeness (QED) is 0.208. The first-order chi connectivity index (χ1) is 23.6. The van der Waals surface area contributed by atoms with E-state index in [0.717, 1.165) is 5.56 Å². The summed E-state index contributed by atoms with van der Waals surface area (Å²) in [5, 5.41) is 29.5. The van der Waals surface area contributed by atoms with Gasteiger partial charge in [-0.2, -0.15) is 0 Å². The Morgan fingerprint density at radius 1 is 0.959 bits per heavy atom. The Hall–Kier alpha value is -5.68. The molecule has 0 radical (unpaired) electrons. The highest BCUT2D eigenvalue weighted by Gasteiger charge is 2.40. The lowest BCUT2D eigenvalue weighted by Crippen LogP contribution is -2.52. The van der Waals surface area contributed by atoms with Crippen molar-refractivity contribution in [2.45, 2.75) is 70.2 Å². The molecule has 3 aromatic rings. The number of carbonyl (C=O) groups excluding carboxylic acids is 6. The van der Waals surface area contributed by atoms with Crippen molar-refractivity contribution in [3.8, 4) is 0 Å². The van der Waals surface area contributed by atoms with Crippen LogP contribution in [0.5, 0.6) is 0 Å². The number of aliphatic hydroxyl groups is 1. The summed E-state index contributed by atoms with van der Waals surface area (Å²) in [5.74, 6) is -1.65. The summed E-state index contributed by atoms with van der Waals surface area (Å²) in [7, 11) is 0. The average Bonchev–Trinajstić information content (AvgIpc) is 3.77. The SMILES string of the molecule is O=C1CCC(N2Cc3c(NC(=O)Cn4cc(COC(=O)Nc5cccc6c5CN(C5CCC(=O)NC5=O)C6=O)nn4)cccc3C2O)CN1. The van der Waals surface area contributed by atoms with Crippen LogP contribution in [0.25, 0.3) is 0 Å². The Morgan fingerprint density at radius 2 is 1.73 bits per heavy atom. The van der Waals surface area contributed by atoms with Crippen LogP contribution < -0.4 is 21.3 Å². The van der Waals surface area contributed by atoms with Gasteiger partial charge < -0.3 is 25.4 Å². The monoisotopic (exact) mass is 671 g/mol. The number of aromatic nitrogens is 3. The fourth-order valence-corrected chi connectivity index (χ4v) is 6.73. The molecule has 49 heavy (non-hydrogen) atoms. The molecule has 4 aliphatic heterocycles. The molecule has 6 amide bonds. The number of hydrogen-bond acceptors (Lipinski definition) is 11. The van der Waals surface area contributed by atoms with E-state index in [0.29, 0.717) is 59.7 Å². The third-order valence-corrected chi connectivity index (χ3v) is 9.19. The van der Waals surface area contributed by atoms with Crippen molar-refractivity contribution in [1.29, 1.82) is 0 Å². The average molecular weight is 672 g/mol. The summed E-state index contributed by atoms with van der Waals surface area (Å²) in [5.41, 5.74) is 3.58. The number of carbonyl (C=O) groups is 6. The van der Waals surface area contributed by atoms with Crippen LogP contribution in [-0.2, 0) is 50.2 Å². The normalized spacial score (nSPS) is 21.9. The lowest BCUT2D eigenvalue weighted by Gasteiger charge is -2.33. The van der Waals surface area contributed by atoms with Gasteiger partial charge in [-0.15, -0.1) is 5.10 Å². The number of imide groups is 1. The van der Waals surface area contributed by atoms with Gasteiger partial charge in [-0.1, -0.05) is 23.4 Å². The van der Waals surface area contributed by atoms with Crippen molar-refractivity contribution in [1.82, 2.24) is 35.4 Å². The van der Waals surface area contributed by atoms with E-state index in [9.17, 15) is 33.9 Å². The molecule has 1 aromatic heterocycles. The minimum absolute atomic E-state index is 0.00287. The highest BCUT2D eigenvalue weighted by Crippen LogP contribution is 2.38. The molecule has 3 unspecified atom stereocenters. The summed E-state index contributed by atoms with van der Waals surface area (Å²) in [6, 6.07) is 9.37. The van der Waals surface area contributed by atoms with Gasteiger partial charge in [0.1, 0.15) is 31.1 Å². The first-order valence-corrected chi connectivity index (χ1v) is 15.9. The number of rotatable bonds is 8. The van der Waals surface area contributed by atoms with Crippen molar-refractivity contribution in [3.05, 3.63) is 70.5 Å². The molecule has 5 N–H and O–H groups in total. The maximum Gasteiger partial charge on any atom is 0.412 e. The van der Waals surface area contributed by atoms with Crippen molar-refractivity contribution in [2.75, 3.05) is 17.2 Å². The third kappa shape index (κ3) is 6.44. The van der Waals surface area contributed by atoms with Crippen molar-refractivity contribution < 1.29 is 38.6 Å². The van der Waals surface area contributed by atoms with Crippen LogP contribution in [0.3, 0.4) is 0 Å². The maximum absolute atomic E-state index is 13.0. The Morgan fingerprint density at radius 3 is 2.51 bits per heavy atom. The van der Waals surface area contributed by atoms with E-state index in [4.69, 9.17) is 4.74 Å². The molecule has 5 heterocycles. The lowest BCUT2D eigenvalue weighted by atomic mass is 10.0. The van der Waals surface area contributed by atoms with Crippen LogP contribution in [-0.4, -0.2) is 84.2 Å². The van der Waals surface area contributed by atoms with Gasteiger partial charge in [0.2, 0.25) is 23.6 Å². The van der Waals surface area contributed by atoms with Crippen LogP contribution in [0.1, 0.15) is 64.7 Å². The first-order valence-electron chi connectivity index (χ1n) is 15.9. The molecule has 17 heteroatoms. The van der Waals surface area contributed by atoms with Crippen LogP contribution in [0.2, 0.25) is 0 Å². The van der Waals surface area contributed by atoms with E-state index < -0.39 is 24.3 Å². The zero-order chi connectivity index (χ0) is 34.2. The van der Waals surface area contributed by atoms with E-state index in [1.165, 1.54) is 15.8 Å². The highest BCUT2D eigenvalue weighted by molar-refractivity contribution is 6.06. The smallest absolute Gasteiger partial charge is 0.412 e. The lowest BCUT2D eigenvalue weighted by molar-refractivity contribution is -0.137. The fraction of sp³-hybridized carbons (Fsp3) is 0.375. The number of nitrogens with zero attached hydrogens (tertiary/aromatic N) is 5. The number of amides is 6. The Balaban J connectivity index is 0.917. The highest BCUT2D eigenvalue weighted by atomic mass is 16.5. The van der Waals surface area contributed by atoms with Gasteiger partial charge in [0.05, 0.1) is 6.20 Å². The molecule has 4 aliphatic rings. The zero-order valence-corrected chi connectivity index (χ0v) is 26.2. The number of nitrogens with one attached hydrogen (secondary N) is 4. The van der Waals surface area contributed by atoms with Crippen LogP contribution >= 0.6 is 0 Å². The van der Waals surface area contributed by atoms with Gasteiger partial charge in [0, 0.05) is 66.6 Å². The molecule has 2 fully saturated rings. The number of hydrogen-bond donors (Lipinski definition) is 5. The molecule has 254 valence electrons. The largest absolute Gasteiger partial charge is 0.443 e. The summed E-state index contributed by atoms with van der Waals surface area (Å²) in [6.07, 6.45) is 1.20. The fourth-order valence-electron chi connectivity index (χ4n) is 6.73. The first kappa shape index (κ1) is 31.9. The van der Waals surface area contributed by atoms with Gasteiger partial charge in [0.25, 0.3) is 5.91 Å². The summed E-state index contributed by atoms with van der Waals surface area (Å²) in [4.78, 5) is 77.5. The minimum Gasteiger partial charge on any atom is -0.443 e. The predicted octanol–water partition coefficient (Wildman–Crippen LogP) is 0.512. The Labute approximate surface area is 278 Å². The predicted molar refractivity (Wildman–Crippen MR) is 168 cm³/mol. The van der Waals surface area contributed by atoms with Gasteiger partial charge in [-0.3, -0.25) is 39.5 Å². The molecule has 0 spiro atoms. The summed E-state index contributed by atoms with van der Waals surface area (Å²) < 4.78 is 6.62. The molecule has 17 nitrogen and oxygen atoms in total. The third-order valence-electron chi connectivity index (χ3n) is 9.19. The topological polar surface area (TPSA) is 217 Å². The van der Waals surface area contributed by atoms with E-state index in [-0.39, 0.29) is 62.2 Å². The molecule has 0 bridgehead atoms. The van der Waals surface area contributed by atoms with Gasteiger partial charge in [-0.25, -0.2) is 9.48 Å². The molecule has 0 saturated carbocycles. The number of anilines is 2. The Bertz CT molecular complexity index is 1870. The minimum atomic E-state index is -0.847. The van der Waals surface area contributed by atoms with Crippen LogP contribution in [0.4, 0.5) is 16.2 Å². The van der Waals surface area contributed by atoms with Gasteiger partial charge in [-0.05, 0) is 36.6 Å². The van der Waals surface area contributed by atoms with E-state index in [1.54, 1.807) is 30.3 Å². The van der Waals surface area contributed by atoms with Gasteiger partial charge >= 0.3 is 6.09 Å². The van der Waals surface area contributed by atoms with Crippen molar-refractivity contribution in [2.24, 2.45) is 0 Å². The number of piperidine rings is 2. The van der Waals surface area contributed by atoms with Crippen molar-refractivity contribution in [3.63, 3.8) is 0 Å². The number of benzene rings is 2. The molecule has 3 atom stereocenters. The summed E-state index contributed by atoms with van der Waals surface area (Å²) >= 11 is 0. The molecule has 0 aliphatic carbocycles. The second-order valence-corrected chi connectivity index (χ2v) is 12.3. The second-order valence-electron chi connectivity index (χ2n) is 12.3. The van der Waals surface area contributed by atoms with Crippen LogP contribution in [0.15, 0.2) is 42.6 Å². The number of fused-ring (bicyclic) bond motifs is 2. The molecule has 7 rings (SSSR count).